The van der Waals surface area contributed by atoms with E-state index in [4.69, 9.17) is 10.7 Å². The van der Waals surface area contributed by atoms with Gasteiger partial charge in [-0.15, -0.1) is 5.54 Å². The first kappa shape index (κ1) is 18.1. The van der Waals surface area contributed by atoms with Gasteiger partial charge in [0.15, 0.2) is 0 Å². The van der Waals surface area contributed by atoms with Gasteiger partial charge < -0.3 is 4.90 Å². The molecule has 1 atom stereocenters. The Morgan fingerprint density at radius 3 is 2.57 bits per heavy atom. The molecular formula is C16H20ClNO3SSi. The molecule has 2 rings (SSSR count). The summed E-state index contributed by atoms with van der Waals surface area (Å²) < 4.78 is 22.5. The standard InChI is InChI=1S/C16H20ClNO3SSi/c1-23(2,3)9-8-14-6-4-5-7-15(14)18-11-13(10-16(18)19)12-22(17,20)21/h4-7,13H,10-12H2,1-3H3. The monoisotopic (exact) mass is 369 g/mol. The molecule has 1 unspecified atom stereocenters. The molecule has 0 spiro atoms. The van der Waals surface area contributed by atoms with Gasteiger partial charge in [0.05, 0.1) is 11.4 Å². The van der Waals surface area contributed by atoms with E-state index < -0.39 is 17.1 Å². The summed E-state index contributed by atoms with van der Waals surface area (Å²) in [6.45, 7) is 6.83. The molecule has 1 heterocycles. The van der Waals surface area contributed by atoms with Crippen molar-refractivity contribution in [1.82, 2.24) is 0 Å². The van der Waals surface area contributed by atoms with E-state index in [1.54, 1.807) is 4.90 Å². The second-order valence-corrected chi connectivity index (χ2v) is 14.4. The molecule has 1 amide bonds. The van der Waals surface area contributed by atoms with Gasteiger partial charge in [-0.2, -0.15) is 0 Å². The Morgan fingerprint density at radius 1 is 1.30 bits per heavy atom. The largest absolute Gasteiger partial charge is 0.311 e. The van der Waals surface area contributed by atoms with Gasteiger partial charge in [0.25, 0.3) is 0 Å². The number of carbonyl (C=O) groups is 1. The van der Waals surface area contributed by atoms with Crippen molar-refractivity contribution >= 4 is 39.4 Å². The quantitative estimate of drug-likeness (QED) is 0.467. The van der Waals surface area contributed by atoms with Crippen molar-refractivity contribution < 1.29 is 13.2 Å². The predicted molar refractivity (Wildman–Crippen MR) is 96.8 cm³/mol. The summed E-state index contributed by atoms with van der Waals surface area (Å²) in [5.74, 6) is 2.65. The molecule has 0 saturated carbocycles. The molecule has 1 aliphatic heterocycles. The molecular weight excluding hydrogens is 350 g/mol. The maximum atomic E-state index is 12.3. The molecule has 0 aromatic heterocycles. The number of anilines is 1. The lowest BCUT2D eigenvalue weighted by Crippen LogP contribution is -2.26. The molecule has 23 heavy (non-hydrogen) atoms. The van der Waals surface area contributed by atoms with E-state index in [9.17, 15) is 13.2 Å². The fourth-order valence-corrected chi connectivity index (χ4v) is 4.31. The maximum Gasteiger partial charge on any atom is 0.232 e. The summed E-state index contributed by atoms with van der Waals surface area (Å²) in [5, 5.41) is 0. The maximum absolute atomic E-state index is 12.3. The van der Waals surface area contributed by atoms with Crippen LogP contribution in [0.2, 0.25) is 19.6 Å². The highest BCUT2D eigenvalue weighted by molar-refractivity contribution is 8.13. The van der Waals surface area contributed by atoms with Gasteiger partial charge in [-0.3, -0.25) is 4.79 Å². The van der Waals surface area contributed by atoms with Gasteiger partial charge in [-0.1, -0.05) is 37.7 Å². The molecule has 1 aromatic carbocycles. The number of rotatable bonds is 3. The average Bonchev–Trinajstić information content (AvgIpc) is 2.74. The van der Waals surface area contributed by atoms with Crippen molar-refractivity contribution in [1.29, 1.82) is 0 Å². The minimum absolute atomic E-state index is 0.0856. The lowest BCUT2D eigenvalue weighted by atomic mass is 10.1. The zero-order chi connectivity index (χ0) is 17.3. The van der Waals surface area contributed by atoms with E-state index in [1.165, 1.54) is 0 Å². The number of halogens is 1. The van der Waals surface area contributed by atoms with Crippen LogP contribution in [0.4, 0.5) is 5.69 Å². The van der Waals surface area contributed by atoms with Crippen LogP contribution < -0.4 is 4.90 Å². The zero-order valence-corrected chi connectivity index (χ0v) is 16.0. The van der Waals surface area contributed by atoms with Gasteiger partial charge in [-0.25, -0.2) is 8.42 Å². The summed E-state index contributed by atoms with van der Waals surface area (Å²) in [7, 11) is 0.179. The van der Waals surface area contributed by atoms with Crippen LogP contribution in [-0.2, 0) is 13.8 Å². The topological polar surface area (TPSA) is 54.5 Å². The van der Waals surface area contributed by atoms with Crippen molar-refractivity contribution in [3.63, 3.8) is 0 Å². The van der Waals surface area contributed by atoms with E-state index in [0.29, 0.717) is 6.54 Å². The number of para-hydroxylation sites is 1. The first-order valence-corrected chi connectivity index (χ1v) is 13.4. The molecule has 4 nitrogen and oxygen atoms in total. The molecule has 0 bridgehead atoms. The lowest BCUT2D eigenvalue weighted by Gasteiger charge is -2.18. The first-order valence-electron chi connectivity index (χ1n) is 7.40. The second-order valence-electron chi connectivity index (χ2n) is 6.80. The Balaban J connectivity index is 2.29. The van der Waals surface area contributed by atoms with Crippen LogP contribution in [0.5, 0.6) is 0 Å². The van der Waals surface area contributed by atoms with E-state index in [1.807, 2.05) is 24.3 Å². The smallest absolute Gasteiger partial charge is 0.232 e. The normalized spacial score (nSPS) is 18.7. The van der Waals surface area contributed by atoms with Gasteiger partial charge in [0.1, 0.15) is 8.07 Å². The van der Waals surface area contributed by atoms with Crippen LogP contribution in [0.25, 0.3) is 0 Å². The molecule has 1 aromatic rings. The Labute approximate surface area is 143 Å². The summed E-state index contributed by atoms with van der Waals surface area (Å²) >= 11 is 0. The van der Waals surface area contributed by atoms with Crippen LogP contribution in [0.15, 0.2) is 24.3 Å². The lowest BCUT2D eigenvalue weighted by molar-refractivity contribution is -0.117. The minimum Gasteiger partial charge on any atom is -0.311 e. The molecule has 0 N–H and O–H groups in total. The Hall–Kier alpha value is -1.29. The number of amides is 1. The van der Waals surface area contributed by atoms with Crippen LogP contribution in [-0.4, -0.2) is 34.7 Å². The Bertz CT molecular complexity index is 774. The molecule has 7 heteroatoms. The SMILES string of the molecule is C[Si](C)(C)C#Cc1ccccc1N1CC(CS(=O)(=O)Cl)CC1=O. The van der Waals surface area contributed by atoms with Crippen molar-refractivity contribution in [3.05, 3.63) is 29.8 Å². The number of hydrogen-bond donors (Lipinski definition) is 0. The predicted octanol–water partition coefficient (Wildman–Crippen LogP) is 2.84. The van der Waals surface area contributed by atoms with Crippen LogP contribution in [0.1, 0.15) is 12.0 Å². The zero-order valence-electron chi connectivity index (χ0n) is 13.5. The van der Waals surface area contributed by atoms with E-state index >= 15 is 0 Å². The van der Waals surface area contributed by atoms with Gasteiger partial charge in [0.2, 0.25) is 15.0 Å². The third kappa shape index (κ3) is 5.38. The molecule has 1 aliphatic rings. The van der Waals surface area contributed by atoms with Crippen LogP contribution in [0, 0.1) is 17.4 Å². The van der Waals surface area contributed by atoms with Crippen molar-refractivity contribution in [2.45, 2.75) is 26.1 Å². The van der Waals surface area contributed by atoms with Gasteiger partial charge in [0, 0.05) is 35.1 Å². The summed E-state index contributed by atoms with van der Waals surface area (Å²) in [4.78, 5) is 13.9. The highest BCUT2D eigenvalue weighted by Crippen LogP contribution is 2.29. The Morgan fingerprint density at radius 2 is 1.96 bits per heavy atom. The number of carbonyl (C=O) groups excluding carboxylic acids is 1. The van der Waals surface area contributed by atoms with E-state index in [2.05, 4.69) is 31.1 Å². The van der Waals surface area contributed by atoms with Crippen LogP contribution >= 0.6 is 10.7 Å². The summed E-state index contributed by atoms with van der Waals surface area (Å²) in [6, 6.07) is 7.48. The van der Waals surface area contributed by atoms with E-state index in [-0.39, 0.29) is 24.0 Å². The van der Waals surface area contributed by atoms with E-state index in [0.717, 1.165) is 11.3 Å². The summed E-state index contributed by atoms with van der Waals surface area (Å²) in [5.41, 5.74) is 4.85. The highest BCUT2D eigenvalue weighted by atomic mass is 35.7. The van der Waals surface area contributed by atoms with Crippen molar-refractivity contribution in [3.8, 4) is 11.5 Å². The van der Waals surface area contributed by atoms with Crippen LogP contribution in [0.3, 0.4) is 0 Å². The fraction of sp³-hybridized carbons (Fsp3) is 0.438. The molecule has 1 fully saturated rings. The van der Waals surface area contributed by atoms with Gasteiger partial charge in [-0.05, 0) is 12.1 Å². The molecule has 124 valence electrons. The number of hydrogen-bond acceptors (Lipinski definition) is 3. The molecule has 1 saturated heterocycles. The second kappa shape index (κ2) is 6.68. The average molecular weight is 370 g/mol. The summed E-state index contributed by atoms with van der Waals surface area (Å²) in [6.07, 6.45) is 0.196. The Kier molecular flexibility index (Phi) is 5.24. The highest BCUT2D eigenvalue weighted by Gasteiger charge is 2.33. The van der Waals surface area contributed by atoms with Gasteiger partial charge >= 0.3 is 0 Å². The van der Waals surface area contributed by atoms with Crippen molar-refractivity contribution in [2.24, 2.45) is 5.92 Å². The van der Waals surface area contributed by atoms with Crippen molar-refractivity contribution in [2.75, 3.05) is 17.2 Å². The fourth-order valence-electron chi connectivity index (χ4n) is 2.48. The third-order valence-electron chi connectivity index (χ3n) is 3.41. The first-order chi connectivity index (χ1) is 10.6. The molecule has 0 aliphatic carbocycles. The number of nitrogens with zero attached hydrogens (tertiary/aromatic N) is 1. The molecule has 0 radical (unpaired) electrons. The number of benzene rings is 1. The third-order valence-corrected chi connectivity index (χ3v) is 5.53. The minimum atomic E-state index is -3.61.